The van der Waals surface area contributed by atoms with Gasteiger partial charge in [-0.2, -0.15) is 0 Å². The Balaban J connectivity index is 2.08. The monoisotopic (exact) mass is 537 g/mol. The van der Waals surface area contributed by atoms with Gasteiger partial charge in [0.25, 0.3) is 10.0 Å². The van der Waals surface area contributed by atoms with E-state index in [1.54, 1.807) is 57.4 Å². The first-order chi connectivity index (χ1) is 18.0. The Morgan fingerprint density at radius 2 is 1.61 bits per heavy atom. The van der Waals surface area contributed by atoms with Gasteiger partial charge in [0.15, 0.2) is 0 Å². The Hall–Kier alpha value is -3.85. The molecule has 202 valence electrons. The van der Waals surface area contributed by atoms with Gasteiger partial charge >= 0.3 is 0 Å². The van der Waals surface area contributed by atoms with Crippen LogP contribution in [0.1, 0.15) is 29.2 Å². The van der Waals surface area contributed by atoms with Gasteiger partial charge in [0, 0.05) is 13.6 Å². The molecule has 0 saturated carbocycles. The molecule has 1 N–H and O–H groups in total. The molecule has 0 unspecified atom stereocenters. The van der Waals surface area contributed by atoms with Gasteiger partial charge < -0.3 is 15.0 Å². The lowest BCUT2D eigenvalue weighted by Gasteiger charge is -2.32. The molecule has 3 aromatic rings. The molecule has 0 aliphatic rings. The predicted molar refractivity (Wildman–Crippen MR) is 149 cm³/mol. The average Bonchev–Trinajstić information content (AvgIpc) is 2.91. The number of methoxy groups -OCH3 is 1. The summed E-state index contributed by atoms with van der Waals surface area (Å²) in [4.78, 5) is 28.0. The molecule has 3 aromatic carbocycles. The summed E-state index contributed by atoms with van der Waals surface area (Å²) < 4.78 is 34.3. The number of rotatable bonds is 10. The van der Waals surface area contributed by atoms with Crippen molar-refractivity contribution in [3.63, 3.8) is 0 Å². The van der Waals surface area contributed by atoms with E-state index in [0.29, 0.717) is 17.0 Å². The maximum absolute atomic E-state index is 13.9. The van der Waals surface area contributed by atoms with Gasteiger partial charge in [0.1, 0.15) is 18.3 Å². The minimum atomic E-state index is -4.11. The molecule has 0 saturated heterocycles. The Bertz CT molecular complexity index is 1400. The lowest BCUT2D eigenvalue weighted by molar-refractivity contribution is -0.139. The van der Waals surface area contributed by atoms with E-state index >= 15 is 0 Å². The van der Waals surface area contributed by atoms with Crippen LogP contribution in [0.2, 0.25) is 0 Å². The molecular weight excluding hydrogens is 502 g/mol. The molecule has 0 radical (unpaired) electrons. The molecule has 0 aliphatic carbocycles. The molecule has 0 heterocycles. The van der Waals surface area contributed by atoms with Crippen LogP contribution in [0.4, 0.5) is 5.69 Å². The topological polar surface area (TPSA) is 96.0 Å². The number of aryl methyl sites for hydroxylation is 3. The maximum atomic E-state index is 13.9. The summed E-state index contributed by atoms with van der Waals surface area (Å²) in [7, 11) is -1.06. The van der Waals surface area contributed by atoms with E-state index in [1.165, 1.54) is 24.1 Å². The molecular formula is C29H35N3O5S. The highest BCUT2D eigenvalue weighted by Gasteiger charge is 2.33. The number of sulfonamides is 1. The van der Waals surface area contributed by atoms with Gasteiger partial charge in [0.2, 0.25) is 11.8 Å². The largest absolute Gasteiger partial charge is 0.497 e. The quantitative estimate of drug-likeness (QED) is 0.422. The molecule has 0 aliphatic heterocycles. The molecule has 8 nitrogen and oxygen atoms in total. The lowest BCUT2D eigenvalue weighted by atomic mass is 10.1. The second-order valence-corrected chi connectivity index (χ2v) is 11.1. The van der Waals surface area contributed by atoms with Crippen LogP contribution in [-0.2, 0) is 26.2 Å². The number of carbonyl (C=O) groups excluding carboxylic acids is 2. The normalized spacial score (nSPS) is 11.9. The first-order valence-corrected chi connectivity index (χ1v) is 13.7. The molecule has 3 rings (SSSR count). The summed E-state index contributed by atoms with van der Waals surface area (Å²) in [6.45, 7) is 6.77. The summed E-state index contributed by atoms with van der Waals surface area (Å²) >= 11 is 0. The van der Waals surface area contributed by atoms with Crippen LogP contribution < -0.4 is 14.4 Å². The smallest absolute Gasteiger partial charge is 0.264 e. The van der Waals surface area contributed by atoms with Crippen molar-refractivity contribution in [1.29, 1.82) is 0 Å². The number of hydrogen-bond acceptors (Lipinski definition) is 5. The van der Waals surface area contributed by atoms with E-state index in [-0.39, 0.29) is 17.3 Å². The minimum Gasteiger partial charge on any atom is -0.497 e. The first kappa shape index (κ1) is 28.7. The molecule has 9 heteroatoms. The van der Waals surface area contributed by atoms with Crippen LogP contribution >= 0.6 is 0 Å². The van der Waals surface area contributed by atoms with Gasteiger partial charge in [-0.1, -0.05) is 42.0 Å². The highest BCUT2D eigenvalue weighted by atomic mass is 32.2. The van der Waals surface area contributed by atoms with Crippen molar-refractivity contribution in [2.24, 2.45) is 0 Å². The van der Waals surface area contributed by atoms with E-state index in [2.05, 4.69) is 5.32 Å². The molecule has 0 bridgehead atoms. The standard InChI is InChI=1S/C29H35N3O5S/c1-20-11-14-26(15-12-20)38(35,36)32(27-16-21(2)10-13-22(27)3)19-28(33)31(23(4)29(34)30-5)18-24-8-7-9-25(17-24)37-6/h7-17,23H,18-19H2,1-6H3,(H,30,34)/t23-/m1/s1. The van der Waals surface area contributed by atoms with Gasteiger partial charge in [-0.3, -0.25) is 13.9 Å². The Morgan fingerprint density at radius 3 is 2.24 bits per heavy atom. The van der Waals surface area contributed by atoms with Gasteiger partial charge in [-0.05, 0) is 74.7 Å². The third-order valence-corrected chi connectivity index (χ3v) is 8.20. The Labute approximate surface area is 225 Å². The fourth-order valence-corrected chi connectivity index (χ4v) is 5.57. The molecule has 38 heavy (non-hydrogen) atoms. The lowest BCUT2D eigenvalue weighted by Crippen LogP contribution is -2.50. The van der Waals surface area contributed by atoms with Gasteiger partial charge in [0.05, 0.1) is 17.7 Å². The zero-order valence-corrected chi connectivity index (χ0v) is 23.5. The zero-order valence-electron chi connectivity index (χ0n) is 22.7. The molecule has 1 atom stereocenters. The summed E-state index contributed by atoms with van der Waals surface area (Å²) in [5.41, 5.74) is 3.63. The fourth-order valence-electron chi connectivity index (χ4n) is 4.10. The highest BCUT2D eigenvalue weighted by molar-refractivity contribution is 7.92. The third kappa shape index (κ3) is 6.52. The number of carbonyl (C=O) groups is 2. The van der Waals surface area contributed by atoms with E-state index in [0.717, 1.165) is 21.0 Å². The van der Waals surface area contributed by atoms with Crippen LogP contribution in [0.5, 0.6) is 5.75 Å². The average molecular weight is 538 g/mol. The second-order valence-electron chi connectivity index (χ2n) is 9.28. The van der Waals surface area contributed by atoms with Crippen molar-refractivity contribution in [3.05, 3.63) is 89.0 Å². The van der Waals surface area contributed by atoms with Crippen molar-refractivity contribution in [2.75, 3.05) is 25.0 Å². The first-order valence-electron chi connectivity index (χ1n) is 12.3. The predicted octanol–water partition coefficient (Wildman–Crippen LogP) is 3.98. The van der Waals surface area contributed by atoms with Crippen LogP contribution in [0.25, 0.3) is 0 Å². The molecule has 0 fully saturated rings. The fraction of sp³-hybridized carbons (Fsp3) is 0.310. The SMILES string of the molecule is CNC(=O)[C@@H](C)N(Cc1cccc(OC)c1)C(=O)CN(c1cc(C)ccc1C)S(=O)(=O)c1ccc(C)cc1. The number of amides is 2. The number of nitrogens with one attached hydrogen (secondary N) is 1. The van der Waals surface area contributed by atoms with Gasteiger partial charge in [-0.25, -0.2) is 8.42 Å². The van der Waals surface area contributed by atoms with Crippen molar-refractivity contribution < 1.29 is 22.7 Å². The van der Waals surface area contributed by atoms with Crippen LogP contribution in [0, 0.1) is 20.8 Å². The van der Waals surface area contributed by atoms with Crippen LogP contribution in [0.3, 0.4) is 0 Å². The molecule has 2 amide bonds. The number of likely N-dealkylation sites (N-methyl/N-ethyl adjacent to an activating group) is 1. The summed E-state index contributed by atoms with van der Waals surface area (Å²) in [5.74, 6) is -0.261. The van der Waals surface area contributed by atoms with E-state index < -0.39 is 28.5 Å². The summed E-state index contributed by atoms with van der Waals surface area (Å²) in [5, 5.41) is 2.58. The second kappa shape index (κ2) is 12.1. The van der Waals surface area contributed by atoms with Crippen LogP contribution in [0.15, 0.2) is 71.6 Å². The van der Waals surface area contributed by atoms with E-state index in [9.17, 15) is 18.0 Å². The third-order valence-electron chi connectivity index (χ3n) is 6.42. The van der Waals surface area contributed by atoms with Crippen molar-refractivity contribution in [3.8, 4) is 5.75 Å². The molecule has 0 aromatic heterocycles. The Kier molecular flexibility index (Phi) is 9.17. The number of benzene rings is 3. The van der Waals surface area contributed by atoms with E-state index in [1.807, 2.05) is 32.0 Å². The van der Waals surface area contributed by atoms with Crippen molar-refractivity contribution in [1.82, 2.24) is 10.2 Å². The highest BCUT2D eigenvalue weighted by Crippen LogP contribution is 2.29. The summed E-state index contributed by atoms with van der Waals surface area (Å²) in [6.07, 6.45) is 0. The number of ether oxygens (including phenoxy) is 1. The summed E-state index contributed by atoms with van der Waals surface area (Å²) in [6, 6.07) is 18.3. The minimum absolute atomic E-state index is 0.0792. The number of anilines is 1. The van der Waals surface area contributed by atoms with Crippen molar-refractivity contribution >= 4 is 27.5 Å². The van der Waals surface area contributed by atoms with Crippen molar-refractivity contribution in [2.45, 2.75) is 45.2 Å². The van der Waals surface area contributed by atoms with Crippen LogP contribution in [-0.4, -0.2) is 51.9 Å². The van der Waals surface area contributed by atoms with Gasteiger partial charge in [-0.15, -0.1) is 0 Å². The Morgan fingerprint density at radius 1 is 0.947 bits per heavy atom. The number of hydrogen-bond donors (Lipinski definition) is 1. The maximum Gasteiger partial charge on any atom is 0.264 e. The number of nitrogens with zero attached hydrogens (tertiary/aromatic N) is 2. The van der Waals surface area contributed by atoms with E-state index in [4.69, 9.17) is 4.74 Å². The molecule has 0 spiro atoms. The zero-order chi connectivity index (χ0) is 28.0.